The Labute approximate surface area is 232 Å². The minimum atomic E-state index is -3.40. The number of hydrogen-bond donors (Lipinski definition) is 3. The van der Waals surface area contributed by atoms with Gasteiger partial charge in [-0.15, -0.1) is 0 Å². The van der Waals surface area contributed by atoms with Crippen molar-refractivity contribution in [2.24, 2.45) is 11.3 Å². The molecule has 0 spiro atoms. The normalized spacial score (nSPS) is 21.9. The summed E-state index contributed by atoms with van der Waals surface area (Å²) in [6.45, 7) is 6.48. The Balaban J connectivity index is 1.38. The average Bonchev–Trinajstić information content (AvgIpc) is 3.49. The van der Waals surface area contributed by atoms with E-state index in [1.807, 2.05) is 20.8 Å². The minimum Gasteiger partial charge on any atom is -0.377 e. The van der Waals surface area contributed by atoms with Gasteiger partial charge in [0.1, 0.15) is 6.04 Å². The molecule has 2 unspecified atom stereocenters. The number of H-pyrrole nitrogens is 1. The Bertz CT molecular complexity index is 1440. The lowest BCUT2D eigenvalue weighted by molar-refractivity contribution is -0.136. The van der Waals surface area contributed by atoms with Crippen molar-refractivity contribution >= 4 is 39.3 Å². The first-order chi connectivity index (χ1) is 18.9. The summed E-state index contributed by atoms with van der Waals surface area (Å²) in [5, 5.41) is 12.6. The van der Waals surface area contributed by atoms with Crippen molar-refractivity contribution in [3.8, 4) is 0 Å². The highest BCUT2D eigenvalue weighted by Gasteiger charge is 2.46. The first-order valence-electron chi connectivity index (χ1n) is 13.4. The second kappa shape index (κ2) is 10.4. The topological polar surface area (TPSA) is 162 Å². The second-order valence-electron chi connectivity index (χ2n) is 11.9. The molecule has 3 aliphatic rings. The molecular weight excluding hydrogens is 536 g/mol. The van der Waals surface area contributed by atoms with Crippen molar-refractivity contribution in [3.05, 3.63) is 47.3 Å². The highest BCUT2D eigenvalue weighted by Crippen LogP contribution is 2.38. The largest absolute Gasteiger partial charge is 0.377 e. The molecule has 12 nitrogen and oxygen atoms in total. The van der Waals surface area contributed by atoms with Crippen LogP contribution in [0.1, 0.15) is 78.8 Å². The van der Waals surface area contributed by atoms with E-state index >= 15 is 0 Å². The zero-order valence-electron chi connectivity index (χ0n) is 22.8. The summed E-state index contributed by atoms with van der Waals surface area (Å²) in [6, 6.07) is 3.58. The quantitative estimate of drug-likeness (QED) is 0.426. The fourth-order valence-electron chi connectivity index (χ4n) is 5.83. The van der Waals surface area contributed by atoms with Gasteiger partial charge >= 0.3 is 0 Å². The number of piperidine rings is 2. The van der Waals surface area contributed by atoms with Crippen LogP contribution in [0.4, 0.5) is 5.69 Å². The van der Waals surface area contributed by atoms with E-state index in [2.05, 4.69) is 20.8 Å². The van der Waals surface area contributed by atoms with Crippen LogP contribution in [0.25, 0.3) is 0 Å². The van der Waals surface area contributed by atoms with Crippen LogP contribution in [0.2, 0.25) is 0 Å². The standard InChI is InChI=1S/C27H34N6O6S/c1-27(2,3)15-40(38,39)32-11-9-16(10-12-32)23(17-13-28-29-14-17)30-19-6-4-5-18-22(19)26(37)33(25(18)36)20-7-8-21(34)31-24(20)35/h4-6,13-14,16,20,23,30H,7-12,15H2,1-3H3,(H,28,29)(H,31,34,35). The van der Waals surface area contributed by atoms with E-state index < -0.39 is 39.7 Å². The third kappa shape index (κ3) is 5.39. The molecule has 5 rings (SSSR count). The Morgan fingerprint density at radius 3 is 2.42 bits per heavy atom. The third-order valence-electron chi connectivity index (χ3n) is 7.64. The molecule has 4 heterocycles. The van der Waals surface area contributed by atoms with Gasteiger partial charge in [0.2, 0.25) is 21.8 Å². The summed E-state index contributed by atoms with van der Waals surface area (Å²) in [5.74, 6) is -2.16. The lowest BCUT2D eigenvalue weighted by Gasteiger charge is -2.37. The molecule has 0 bridgehead atoms. The summed E-state index contributed by atoms with van der Waals surface area (Å²) >= 11 is 0. The van der Waals surface area contributed by atoms with Crippen LogP contribution in [-0.2, 0) is 19.6 Å². The molecule has 40 heavy (non-hydrogen) atoms. The molecule has 3 aliphatic heterocycles. The van der Waals surface area contributed by atoms with E-state index in [0.29, 0.717) is 31.6 Å². The van der Waals surface area contributed by atoms with E-state index in [0.717, 1.165) is 10.5 Å². The predicted molar refractivity (Wildman–Crippen MR) is 146 cm³/mol. The number of carbonyl (C=O) groups excluding carboxylic acids is 4. The van der Waals surface area contributed by atoms with Crippen molar-refractivity contribution in [2.75, 3.05) is 24.2 Å². The summed E-state index contributed by atoms with van der Waals surface area (Å²) in [7, 11) is -3.40. The van der Waals surface area contributed by atoms with Crippen LogP contribution >= 0.6 is 0 Å². The number of nitrogens with zero attached hydrogens (tertiary/aromatic N) is 3. The molecule has 1 aromatic carbocycles. The molecule has 214 valence electrons. The molecular formula is C27H34N6O6S. The summed E-state index contributed by atoms with van der Waals surface area (Å²) in [5.41, 5.74) is 1.30. The maximum absolute atomic E-state index is 13.6. The molecule has 0 aliphatic carbocycles. The monoisotopic (exact) mass is 570 g/mol. The Kier molecular flexibility index (Phi) is 7.29. The molecule has 0 saturated carbocycles. The average molecular weight is 571 g/mol. The number of anilines is 1. The third-order valence-corrected chi connectivity index (χ3v) is 10.0. The molecule has 2 aromatic rings. The molecule has 0 radical (unpaired) electrons. The van der Waals surface area contributed by atoms with Gasteiger partial charge in [0.05, 0.1) is 29.1 Å². The molecule has 4 amide bonds. The maximum Gasteiger partial charge on any atom is 0.264 e. The van der Waals surface area contributed by atoms with E-state index in [1.165, 1.54) is 0 Å². The number of hydrogen-bond acceptors (Lipinski definition) is 8. The van der Waals surface area contributed by atoms with Gasteiger partial charge in [-0.1, -0.05) is 26.8 Å². The lowest BCUT2D eigenvalue weighted by Crippen LogP contribution is -2.54. The van der Waals surface area contributed by atoms with Crippen molar-refractivity contribution in [1.82, 2.24) is 24.7 Å². The fourth-order valence-corrected chi connectivity index (χ4v) is 7.88. The van der Waals surface area contributed by atoms with Crippen LogP contribution in [0.15, 0.2) is 30.6 Å². The molecule has 2 saturated heterocycles. The molecule has 2 fully saturated rings. The van der Waals surface area contributed by atoms with Gasteiger partial charge in [-0.25, -0.2) is 12.7 Å². The molecule has 1 aromatic heterocycles. The number of amides is 4. The zero-order chi connectivity index (χ0) is 28.8. The number of imide groups is 2. The number of fused-ring (bicyclic) bond motifs is 1. The zero-order valence-corrected chi connectivity index (χ0v) is 23.6. The number of aromatic nitrogens is 2. The van der Waals surface area contributed by atoms with Crippen LogP contribution in [0.3, 0.4) is 0 Å². The number of aromatic amines is 1. The lowest BCUT2D eigenvalue weighted by atomic mass is 9.86. The Morgan fingerprint density at radius 1 is 1.07 bits per heavy atom. The maximum atomic E-state index is 13.6. The van der Waals surface area contributed by atoms with Crippen LogP contribution in [0, 0.1) is 11.3 Å². The van der Waals surface area contributed by atoms with E-state index in [-0.39, 0.29) is 47.1 Å². The van der Waals surface area contributed by atoms with E-state index in [9.17, 15) is 27.6 Å². The summed E-state index contributed by atoms with van der Waals surface area (Å²) in [6.07, 6.45) is 4.75. The van der Waals surface area contributed by atoms with Crippen LogP contribution in [-0.4, -0.2) is 76.3 Å². The molecule has 3 N–H and O–H groups in total. The Morgan fingerprint density at radius 2 is 1.80 bits per heavy atom. The molecule has 2 atom stereocenters. The highest BCUT2D eigenvalue weighted by atomic mass is 32.2. The van der Waals surface area contributed by atoms with Gasteiger partial charge < -0.3 is 5.32 Å². The smallest absolute Gasteiger partial charge is 0.264 e. The van der Waals surface area contributed by atoms with Crippen molar-refractivity contribution in [2.45, 2.75) is 58.5 Å². The minimum absolute atomic E-state index is 0.0213. The summed E-state index contributed by atoms with van der Waals surface area (Å²) < 4.78 is 27.5. The first-order valence-corrected chi connectivity index (χ1v) is 15.0. The fraction of sp³-hybridized carbons (Fsp3) is 0.519. The van der Waals surface area contributed by atoms with E-state index in [1.54, 1.807) is 34.9 Å². The second-order valence-corrected chi connectivity index (χ2v) is 13.9. The first kappa shape index (κ1) is 28.0. The van der Waals surface area contributed by atoms with Gasteiger partial charge in [-0.3, -0.25) is 34.5 Å². The summed E-state index contributed by atoms with van der Waals surface area (Å²) in [4.78, 5) is 51.9. The number of nitrogens with one attached hydrogen (secondary N) is 3. The molecule has 13 heteroatoms. The Hall–Kier alpha value is -3.58. The highest BCUT2D eigenvalue weighted by molar-refractivity contribution is 7.89. The number of carbonyl (C=O) groups is 4. The van der Waals surface area contributed by atoms with Gasteiger partial charge in [0.25, 0.3) is 11.8 Å². The van der Waals surface area contributed by atoms with Gasteiger partial charge in [0, 0.05) is 37.0 Å². The van der Waals surface area contributed by atoms with Crippen molar-refractivity contribution < 1.29 is 27.6 Å². The number of sulfonamides is 1. The number of rotatable bonds is 7. The van der Waals surface area contributed by atoms with Crippen molar-refractivity contribution in [1.29, 1.82) is 0 Å². The van der Waals surface area contributed by atoms with Crippen LogP contribution < -0.4 is 10.6 Å². The van der Waals surface area contributed by atoms with Crippen molar-refractivity contribution in [3.63, 3.8) is 0 Å². The predicted octanol–water partition coefficient (Wildman–Crippen LogP) is 2.05. The van der Waals surface area contributed by atoms with Gasteiger partial charge in [-0.05, 0) is 42.7 Å². The number of benzene rings is 1. The van der Waals surface area contributed by atoms with E-state index in [4.69, 9.17) is 0 Å². The van der Waals surface area contributed by atoms with Gasteiger partial charge in [-0.2, -0.15) is 5.10 Å². The van der Waals surface area contributed by atoms with Gasteiger partial charge in [0.15, 0.2) is 0 Å². The SMILES string of the molecule is CC(C)(C)CS(=O)(=O)N1CCC(C(Nc2cccc3c2C(=O)N(C2CCC(=O)NC2=O)C3=O)c2cn[nH]c2)CC1. The van der Waals surface area contributed by atoms with Crippen LogP contribution in [0.5, 0.6) is 0 Å².